The van der Waals surface area contributed by atoms with Crippen LogP contribution in [0.5, 0.6) is 5.75 Å². The Balaban J connectivity index is 0.000000310. The van der Waals surface area contributed by atoms with Gasteiger partial charge in [0.2, 0.25) is 0 Å². The fourth-order valence-electron chi connectivity index (χ4n) is 0.632. The fourth-order valence-corrected chi connectivity index (χ4v) is 1.33. The summed E-state index contributed by atoms with van der Waals surface area (Å²) in [6.45, 7) is 0. The van der Waals surface area contributed by atoms with Crippen molar-refractivity contribution in [2.45, 2.75) is 0 Å². The van der Waals surface area contributed by atoms with Crippen molar-refractivity contribution in [2.75, 3.05) is 0 Å². The minimum atomic E-state index is -3.67. The Morgan fingerprint density at radius 2 is 1.69 bits per heavy atom. The van der Waals surface area contributed by atoms with Gasteiger partial charge in [0.25, 0.3) is 0 Å². The third-order valence-electron chi connectivity index (χ3n) is 1.17. The second kappa shape index (κ2) is 6.83. The molecule has 0 aliphatic rings. The predicted octanol–water partition coefficient (Wildman–Crippen LogP) is 1.20. The van der Waals surface area contributed by atoms with Crippen LogP contribution in [-0.4, -0.2) is 61.6 Å². The van der Waals surface area contributed by atoms with Gasteiger partial charge < -0.3 is 0 Å². The number of halogens is 4. The maximum absolute atomic E-state index is 12.5. The maximum atomic E-state index is 12.5. The van der Waals surface area contributed by atoms with Crippen LogP contribution in [0.3, 0.4) is 0 Å². The summed E-state index contributed by atoms with van der Waals surface area (Å²) in [5, 5.41) is 8.76. The average molecular weight is 218 g/mol. The Hall–Kier alpha value is 0.441. The molecule has 0 unspecified atom stereocenters. The number of hydrogen-bond donors (Lipinski definition) is 1. The fraction of sp³-hybridized carbons (Fsp3) is 0. The van der Waals surface area contributed by atoms with Gasteiger partial charge in [-0.3, -0.25) is 12.9 Å². The molecule has 0 atom stereocenters. The van der Waals surface area contributed by atoms with Crippen LogP contribution in [0.4, 0.5) is 17.3 Å². The van der Waals surface area contributed by atoms with E-state index in [1.807, 2.05) is 0 Å². The number of phenols is 1. The first-order valence-electron chi connectivity index (χ1n) is 3.31. The van der Waals surface area contributed by atoms with Gasteiger partial charge in [-0.1, -0.05) is 0 Å². The quantitative estimate of drug-likeness (QED) is 0.512. The predicted molar refractivity (Wildman–Crippen MR) is 42.5 cm³/mol. The summed E-state index contributed by atoms with van der Waals surface area (Å²) in [4.78, 5) is 0. The van der Waals surface area contributed by atoms with Crippen LogP contribution in [0.2, 0.25) is 0 Å². The molecule has 13 heavy (non-hydrogen) atoms. The Morgan fingerprint density at radius 1 is 1.23 bits per heavy atom. The molecule has 0 saturated heterocycles. The zero-order chi connectivity index (χ0) is 10.4. The zero-order valence-electron chi connectivity index (χ0n) is 6.77. The number of phenolic OH excluding ortho intramolecular Hbond substituents is 1. The van der Waals surface area contributed by atoms with Crippen LogP contribution in [0, 0.1) is 5.82 Å². The molecule has 1 N–H and O–H groups in total. The van der Waals surface area contributed by atoms with E-state index in [0.717, 1.165) is 0 Å². The first-order chi connectivity index (χ1) is 5.95. The molecule has 0 amide bonds. The van der Waals surface area contributed by atoms with E-state index in [1.54, 1.807) is 12.1 Å². The molecule has 0 heterocycles. The SMILES string of the molecule is FB(F)F.Oc1ccc[c]([K])c1F. The molecule has 1 nitrogen and oxygen atoms in total. The van der Waals surface area contributed by atoms with Gasteiger partial charge in [0.15, 0.2) is 0 Å². The summed E-state index contributed by atoms with van der Waals surface area (Å²) in [5.74, 6) is -0.682. The molecule has 0 radical (unpaired) electrons. The van der Waals surface area contributed by atoms with Crippen molar-refractivity contribution in [3.05, 3.63) is 24.0 Å². The Kier molecular flexibility index (Phi) is 7.06. The van der Waals surface area contributed by atoms with Gasteiger partial charge in [0.05, 0.1) is 0 Å². The van der Waals surface area contributed by atoms with Gasteiger partial charge >= 0.3 is 95.4 Å². The third kappa shape index (κ3) is 6.50. The summed E-state index contributed by atoms with van der Waals surface area (Å²) in [6, 6.07) is 4.69. The molecular weight excluding hydrogens is 214 g/mol. The van der Waals surface area contributed by atoms with Crippen LogP contribution in [-0.2, 0) is 0 Å². The van der Waals surface area contributed by atoms with Gasteiger partial charge in [-0.05, 0) is 0 Å². The molecule has 0 aliphatic carbocycles. The molecular formula is C6H4BF4KO. The molecule has 1 aromatic carbocycles. The van der Waals surface area contributed by atoms with Crippen LogP contribution >= 0.6 is 0 Å². The van der Waals surface area contributed by atoms with Crippen LogP contribution in [0.1, 0.15) is 0 Å². The second-order valence-corrected chi connectivity index (χ2v) is 3.84. The number of aromatic hydroxyl groups is 1. The van der Waals surface area contributed by atoms with E-state index in [2.05, 4.69) is 0 Å². The minimum absolute atomic E-state index is 0.236. The van der Waals surface area contributed by atoms with Crippen molar-refractivity contribution in [3.63, 3.8) is 0 Å². The molecule has 1 rings (SSSR count). The Labute approximate surface area is 107 Å². The number of benzene rings is 1. The van der Waals surface area contributed by atoms with E-state index in [9.17, 15) is 17.3 Å². The Bertz CT molecular complexity index is 248. The third-order valence-corrected chi connectivity index (χ3v) is 2.38. The normalized spacial score (nSPS) is 8.77. The number of rotatable bonds is 0. The van der Waals surface area contributed by atoms with Gasteiger partial charge in [-0.25, -0.2) is 0 Å². The molecule has 0 fully saturated rings. The van der Waals surface area contributed by atoms with E-state index in [-0.39, 0.29) is 5.75 Å². The first-order valence-corrected chi connectivity index (χ1v) is 4.87. The monoisotopic (exact) mass is 218 g/mol. The van der Waals surface area contributed by atoms with Gasteiger partial charge in [-0.2, -0.15) is 0 Å². The van der Waals surface area contributed by atoms with Crippen molar-refractivity contribution in [2.24, 2.45) is 0 Å². The average Bonchev–Trinajstić information content (AvgIpc) is 1.99. The Morgan fingerprint density at radius 3 is 2.00 bits per heavy atom. The van der Waals surface area contributed by atoms with Crippen molar-refractivity contribution < 1.29 is 22.4 Å². The van der Waals surface area contributed by atoms with E-state index in [1.165, 1.54) is 6.07 Å². The molecule has 0 spiro atoms. The van der Waals surface area contributed by atoms with Crippen LogP contribution in [0.15, 0.2) is 18.2 Å². The van der Waals surface area contributed by atoms with Crippen molar-refractivity contribution in [1.82, 2.24) is 0 Å². The summed E-state index contributed by atoms with van der Waals surface area (Å²) in [6.07, 6.45) is 0. The van der Waals surface area contributed by atoms with Gasteiger partial charge in [-0.15, -0.1) is 0 Å². The first kappa shape index (κ1) is 13.4. The summed E-state index contributed by atoms with van der Waals surface area (Å²) < 4.78 is 42.2. The summed E-state index contributed by atoms with van der Waals surface area (Å²) >= 11 is 0.301. The molecule has 0 bridgehead atoms. The summed E-state index contributed by atoms with van der Waals surface area (Å²) in [7, 11) is -3.67. The standard InChI is InChI=1S/C6H4FO.BF3.K/c7-5-3-1-2-4-6(5)8;2-1(3)4;/h1-2,4,8H;;. The zero-order valence-corrected chi connectivity index (χ0v) is 9.89. The van der Waals surface area contributed by atoms with Crippen LogP contribution < -0.4 is -0.342 Å². The van der Waals surface area contributed by atoms with Crippen molar-refractivity contribution in [3.8, 4) is 5.75 Å². The molecule has 1 aromatic rings. The van der Waals surface area contributed by atoms with E-state index < -0.39 is 13.4 Å². The molecule has 0 aliphatic heterocycles. The van der Waals surface area contributed by atoms with Crippen molar-refractivity contribution in [1.29, 1.82) is 0 Å². The van der Waals surface area contributed by atoms with Gasteiger partial charge in [0.1, 0.15) is 0 Å². The van der Waals surface area contributed by atoms with Crippen molar-refractivity contribution >= 4 is 56.2 Å². The van der Waals surface area contributed by atoms with Gasteiger partial charge in [0, 0.05) is 0 Å². The molecule has 7 heteroatoms. The van der Waals surface area contributed by atoms with E-state index in [0.29, 0.717) is 48.6 Å². The molecule has 0 saturated carbocycles. The van der Waals surface area contributed by atoms with Crippen LogP contribution in [0.25, 0.3) is 0 Å². The van der Waals surface area contributed by atoms with E-state index >= 15 is 0 Å². The number of hydrogen-bond acceptors (Lipinski definition) is 1. The van der Waals surface area contributed by atoms with E-state index in [4.69, 9.17) is 5.11 Å². The molecule has 66 valence electrons. The second-order valence-electron chi connectivity index (χ2n) is 2.16. The summed E-state index contributed by atoms with van der Waals surface area (Å²) in [5.41, 5.74) is 0. The topological polar surface area (TPSA) is 20.2 Å². The molecule has 0 aromatic heterocycles.